The topological polar surface area (TPSA) is 64.2 Å². The first-order valence-electron chi connectivity index (χ1n) is 8.56. The molecule has 0 aliphatic carbocycles. The van der Waals surface area contributed by atoms with Crippen LogP contribution < -0.4 is 5.32 Å². The zero-order chi connectivity index (χ0) is 19.0. The highest BCUT2D eigenvalue weighted by Gasteiger charge is 2.21. The standard InChI is InChI=1S/C20H18ClN5O/c1-13-18(14(2)26(23-13)12-15-8-4-3-5-9-15)22-20(27)19-17(21)16-10-6-7-11-25(16)24-19/h3-11H,12H2,1-2H3,(H,22,27). The summed E-state index contributed by atoms with van der Waals surface area (Å²) in [6, 6.07) is 15.6. The minimum atomic E-state index is -0.353. The lowest BCUT2D eigenvalue weighted by atomic mass is 10.2. The molecule has 136 valence electrons. The van der Waals surface area contributed by atoms with E-state index in [0.29, 0.717) is 22.8 Å². The number of pyridine rings is 1. The number of aryl methyl sites for hydroxylation is 1. The van der Waals surface area contributed by atoms with Crippen LogP contribution in [0.2, 0.25) is 5.02 Å². The Morgan fingerprint density at radius 1 is 1.07 bits per heavy atom. The molecule has 0 unspecified atom stereocenters. The normalized spacial score (nSPS) is 11.1. The summed E-state index contributed by atoms with van der Waals surface area (Å²) in [5, 5.41) is 12.1. The van der Waals surface area contributed by atoms with Crippen LogP contribution in [0.1, 0.15) is 27.4 Å². The van der Waals surface area contributed by atoms with Gasteiger partial charge in [-0.25, -0.2) is 4.52 Å². The molecule has 0 radical (unpaired) electrons. The van der Waals surface area contributed by atoms with E-state index in [0.717, 1.165) is 17.0 Å². The predicted molar refractivity (Wildman–Crippen MR) is 105 cm³/mol. The molecular formula is C20H18ClN5O. The summed E-state index contributed by atoms with van der Waals surface area (Å²) in [4.78, 5) is 12.8. The van der Waals surface area contributed by atoms with Gasteiger partial charge in [-0.2, -0.15) is 10.2 Å². The average Bonchev–Trinajstić information content (AvgIpc) is 3.15. The number of rotatable bonds is 4. The summed E-state index contributed by atoms with van der Waals surface area (Å²) < 4.78 is 3.47. The molecule has 1 amide bonds. The van der Waals surface area contributed by atoms with Gasteiger partial charge in [-0.1, -0.05) is 48.0 Å². The van der Waals surface area contributed by atoms with Gasteiger partial charge < -0.3 is 5.32 Å². The zero-order valence-corrected chi connectivity index (χ0v) is 15.7. The van der Waals surface area contributed by atoms with Crippen LogP contribution >= 0.6 is 11.6 Å². The molecule has 3 heterocycles. The Bertz CT molecular complexity index is 1130. The van der Waals surface area contributed by atoms with Crippen molar-refractivity contribution < 1.29 is 4.79 Å². The number of halogens is 1. The van der Waals surface area contributed by atoms with Crippen LogP contribution in [0, 0.1) is 13.8 Å². The van der Waals surface area contributed by atoms with Crippen molar-refractivity contribution in [2.75, 3.05) is 5.32 Å². The van der Waals surface area contributed by atoms with Gasteiger partial charge in [0.25, 0.3) is 5.91 Å². The van der Waals surface area contributed by atoms with E-state index in [1.54, 1.807) is 10.7 Å². The summed E-state index contributed by atoms with van der Waals surface area (Å²) in [5.41, 5.74) is 4.34. The number of carbonyl (C=O) groups excluding carboxylic acids is 1. The van der Waals surface area contributed by atoms with E-state index in [9.17, 15) is 4.79 Å². The molecule has 4 aromatic rings. The van der Waals surface area contributed by atoms with Crippen LogP contribution in [-0.2, 0) is 6.54 Å². The largest absolute Gasteiger partial charge is 0.317 e. The fraction of sp³-hybridized carbons (Fsp3) is 0.150. The molecule has 0 atom stereocenters. The number of fused-ring (bicyclic) bond motifs is 1. The van der Waals surface area contributed by atoms with E-state index < -0.39 is 0 Å². The number of carbonyl (C=O) groups is 1. The van der Waals surface area contributed by atoms with Gasteiger partial charge in [-0.05, 0) is 31.5 Å². The summed E-state index contributed by atoms with van der Waals surface area (Å²) in [6.45, 7) is 4.44. The maximum absolute atomic E-state index is 12.8. The highest BCUT2D eigenvalue weighted by Crippen LogP contribution is 2.25. The number of hydrogen-bond donors (Lipinski definition) is 1. The van der Waals surface area contributed by atoms with Crippen molar-refractivity contribution in [3.05, 3.63) is 82.4 Å². The van der Waals surface area contributed by atoms with Crippen molar-refractivity contribution in [3.8, 4) is 0 Å². The lowest BCUT2D eigenvalue weighted by molar-refractivity contribution is 0.102. The quantitative estimate of drug-likeness (QED) is 0.580. The van der Waals surface area contributed by atoms with E-state index in [-0.39, 0.29) is 11.6 Å². The van der Waals surface area contributed by atoms with Crippen molar-refractivity contribution >= 4 is 28.7 Å². The Morgan fingerprint density at radius 2 is 1.81 bits per heavy atom. The summed E-state index contributed by atoms with van der Waals surface area (Å²) in [5.74, 6) is -0.353. The average molecular weight is 380 g/mol. The van der Waals surface area contributed by atoms with Crippen LogP contribution in [0.5, 0.6) is 0 Å². The van der Waals surface area contributed by atoms with Crippen molar-refractivity contribution in [3.63, 3.8) is 0 Å². The number of nitrogens with zero attached hydrogens (tertiary/aromatic N) is 4. The van der Waals surface area contributed by atoms with Gasteiger partial charge in [0.1, 0.15) is 0 Å². The number of anilines is 1. The predicted octanol–water partition coefficient (Wildman–Crippen LogP) is 4.10. The third-order valence-corrected chi connectivity index (χ3v) is 4.86. The maximum atomic E-state index is 12.8. The van der Waals surface area contributed by atoms with Gasteiger partial charge in [0.15, 0.2) is 5.69 Å². The van der Waals surface area contributed by atoms with E-state index in [1.807, 2.05) is 67.1 Å². The number of benzene rings is 1. The van der Waals surface area contributed by atoms with Gasteiger partial charge in [0.2, 0.25) is 0 Å². The minimum Gasteiger partial charge on any atom is -0.317 e. The molecule has 0 saturated carbocycles. The third kappa shape index (κ3) is 3.19. The molecule has 4 rings (SSSR count). The van der Waals surface area contributed by atoms with Crippen molar-refractivity contribution in [2.24, 2.45) is 0 Å². The smallest absolute Gasteiger partial charge is 0.277 e. The second-order valence-electron chi connectivity index (χ2n) is 6.34. The third-order valence-electron chi connectivity index (χ3n) is 4.49. The van der Waals surface area contributed by atoms with Gasteiger partial charge in [0, 0.05) is 6.20 Å². The first kappa shape index (κ1) is 17.3. The molecule has 0 spiro atoms. The monoisotopic (exact) mass is 379 g/mol. The molecule has 0 fully saturated rings. The summed E-state index contributed by atoms with van der Waals surface area (Å²) in [6.07, 6.45) is 1.76. The minimum absolute atomic E-state index is 0.192. The van der Waals surface area contributed by atoms with Gasteiger partial charge in [-0.3, -0.25) is 9.48 Å². The summed E-state index contributed by atoms with van der Waals surface area (Å²) in [7, 11) is 0. The number of aromatic nitrogens is 4. The molecule has 0 aliphatic rings. The molecule has 7 heteroatoms. The van der Waals surface area contributed by atoms with Crippen molar-refractivity contribution in [1.82, 2.24) is 19.4 Å². The zero-order valence-electron chi connectivity index (χ0n) is 15.0. The van der Waals surface area contributed by atoms with Gasteiger partial charge in [-0.15, -0.1) is 0 Å². The second kappa shape index (κ2) is 6.89. The molecule has 3 aromatic heterocycles. The molecule has 27 heavy (non-hydrogen) atoms. The molecule has 1 aromatic carbocycles. The lowest BCUT2D eigenvalue weighted by Crippen LogP contribution is -2.14. The highest BCUT2D eigenvalue weighted by atomic mass is 35.5. The van der Waals surface area contributed by atoms with E-state index in [1.165, 1.54) is 0 Å². The van der Waals surface area contributed by atoms with E-state index >= 15 is 0 Å². The number of hydrogen-bond acceptors (Lipinski definition) is 3. The van der Waals surface area contributed by atoms with Crippen LogP contribution in [0.15, 0.2) is 54.7 Å². The Balaban J connectivity index is 1.62. The molecule has 6 nitrogen and oxygen atoms in total. The first-order chi connectivity index (χ1) is 13.0. The Morgan fingerprint density at radius 3 is 2.56 bits per heavy atom. The van der Waals surface area contributed by atoms with E-state index in [4.69, 9.17) is 11.6 Å². The molecule has 0 saturated heterocycles. The van der Waals surface area contributed by atoms with Gasteiger partial charge >= 0.3 is 0 Å². The van der Waals surface area contributed by atoms with E-state index in [2.05, 4.69) is 15.5 Å². The van der Waals surface area contributed by atoms with Crippen molar-refractivity contribution in [2.45, 2.75) is 20.4 Å². The SMILES string of the molecule is Cc1nn(Cc2ccccc2)c(C)c1NC(=O)c1nn2ccccc2c1Cl. The lowest BCUT2D eigenvalue weighted by Gasteiger charge is -2.06. The molecule has 1 N–H and O–H groups in total. The Hall–Kier alpha value is -3.12. The van der Waals surface area contributed by atoms with Crippen LogP contribution in [0.3, 0.4) is 0 Å². The fourth-order valence-electron chi connectivity index (χ4n) is 3.07. The first-order valence-corrected chi connectivity index (χ1v) is 8.94. The molecule has 0 bridgehead atoms. The number of nitrogens with one attached hydrogen (secondary N) is 1. The molecular weight excluding hydrogens is 362 g/mol. The fourth-order valence-corrected chi connectivity index (χ4v) is 3.35. The van der Waals surface area contributed by atoms with Crippen LogP contribution in [-0.4, -0.2) is 25.3 Å². The number of amides is 1. The van der Waals surface area contributed by atoms with Gasteiger partial charge in [0.05, 0.1) is 34.2 Å². The van der Waals surface area contributed by atoms with Crippen molar-refractivity contribution in [1.29, 1.82) is 0 Å². The molecule has 0 aliphatic heterocycles. The van der Waals surface area contributed by atoms with Crippen LogP contribution in [0.25, 0.3) is 5.52 Å². The van der Waals surface area contributed by atoms with Crippen LogP contribution in [0.4, 0.5) is 5.69 Å². The Kier molecular flexibility index (Phi) is 4.41. The summed E-state index contributed by atoms with van der Waals surface area (Å²) >= 11 is 6.35. The highest BCUT2D eigenvalue weighted by molar-refractivity contribution is 6.37. The Labute approximate surface area is 161 Å². The maximum Gasteiger partial charge on any atom is 0.277 e. The second-order valence-corrected chi connectivity index (χ2v) is 6.71.